The number of sulfonamides is 1. The van der Waals surface area contributed by atoms with Gasteiger partial charge in [0.2, 0.25) is 11.8 Å². The van der Waals surface area contributed by atoms with Crippen molar-refractivity contribution in [2.75, 3.05) is 31.6 Å². The topological polar surface area (TPSA) is 105 Å². The first-order valence-corrected chi connectivity index (χ1v) is 16.6. The van der Waals surface area contributed by atoms with E-state index in [1.807, 2.05) is 68.4 Å². The van der Waals surface area contributed by atoms with Crippen LogP contribution < -0.4 is 19.1 Å². The average Bonchev–Trinajstić information content (AvgIpc) is 3.08. The van der Waals surface area contributed by atoms with Crippen LogP contribution >= 0.6 is 0 Å². The van der Waals surface area contributed by atoms with E-state index in [1.165, 1.54) is 37.3 Å². The van der Waals surface area contributed by atoms with E-state index in [4.69, 9.17) is 9.47 Å². The average molecular weight is 644 g/mol. The maximum atomic E-state index is 14.5. The smallest absolute Gasteiger partial charge is 0.264 e. The summed E-state index contributed by atoms with van der Waals surface area (Å²) in [7, 11) is -1.40. The Kier molecular flexibility index (Phi) is 11.8. The molecule has 0 aliphatic rings. The van der Waals surface area contributed by atoms with Crippen LogP contribution in [0.5, 0.6) is 11.5 Å². The number of anilines is 1. The van der Waals surface area contributed by atoms with Crippen molar-refractivity contribution in [2.45, 2.75) is 44.2 Å². The van der Waals surface area contributed by atoms with Crippen LogP contribution in [0.3, 0.4) is 0 Å². The molecule has 10 heteroatoms. The number of ether oxygens (including phenoxy) is 2. The number of nitrogens with one attached hydrogen (secondary N) is 1. The van der Waals surface area contributed by atoms with E-state index in [2.05, 4.69) is 5.32 Å². The molecule has 0 saturated heterocycles. The Morgan fingerprint density at radius 2 is 1.43 bits per heavy atom. The predicted molar refractivity (Wildman–Crippen MR) is 179 cm³/mol. The fourth-order valence-electron chi connectivity index (χ4n) is 5.04. The minimum atomic E-state index is -4.29. The third-order valence-electron chi connectivity index (χ3n) is 7.56. The molecule has 0 aromatic heterocycles. The maximum Gasteiger partial charge on any atom is 0.264 e. The van der Waals surface area contributed by atoms with Gasteiger partial charge in [-0.3, -0.25) is 13.9 Å². The van der Waals surface area contributed by atoms with Crippen molar-refractivity contribution >= 4 is 27.5 Å². The second-order valence-electron chi connectivity index (χ2n) is 10.9. The molecule has 0 radical (unpaired) electrons. The van der Waals surface area contributed by atoms with Gasteiger partial charge in [-0.15, -0.1) is 0 Å². The van der Waals surface area contributed by atoms with Gasteiger partial charge in [0.15, 0.2) is 11.5 Å². The Morgan fingerprint density at radius 1 is 0.804 bits per heavy atom. The van der Waals surface area contributed by atoms with Crippen molar-refractivity contribution in [1.82, 2.24) is 10.2 Å². The van der Waals surface area contributed by atoms with Crippen LogP contribution in [0.2, 0.25) is 0 Å². The SMILES string of the molecule is CCCNC(=O)[C@@H](Cc1ccccc1)N(Cc1ccc(C)cc1)C(=O)CN(c1ccccc1)S(=O)(=O)c1ccc(OC)c(OC)c1. The number of carbonyl (C=O) groups excluding carboxylic acids is 2. The quantitative estimate of drug-likeness (QED) is 0.187. The molecule has 0 fully saturated rings. The molecule has 4 aromatic rings. The van der Waals surface area contributed by atoms with Gasteiger partial charge in [-0.25, -0.2) is 8.42 Å². The Morgan fingerprint density at radius 3 is 2.04 bits per heavy atom. The number of hydrogen-bond donors (Lipinski definition) is 1. The molecule has 2 amide bonds. The lowest BCUT2D eigenvalue weighted by Gasteiger charge is -2.34. The molecule has 1 N–H and O–H groups in total. The number of hydrogen-bond acceptors (Lipinski definition) is 6. The predicted octanol–water partition coefficient (Wildman–Crippen LogP) is 5.37. The monoisotopic (exact) mass is 643 g/mol. The van der Waals surface area contributed by atoms with Crippen LogP contribution in [0.15, 0.2) is 108 Å². The first kappa shape index (κ1) is 34.1. The van der Waals surface area contributed by atoms with Crippen molar-refractivity contribution in [1.29, 1.82) is 0 Å². The zero-order valence-electron chi connectivity index (χ0n) is 26.7. The summed E-state index contributed by atoms with van der Waals surface area (Å²) < 4.78 is 40.3. The Balaban J connectivity index is 1.79. The normalized spacial score (nSPS) is 11.7. The molecule has 242 valence electrons. The molecular weight excluding hydrogens is 602 g/mol. The number of nitrogens with zero attached hydrogens (tertiary/aromatic N) is 2. The van der Waals surface area contributed by atoms with E-state index in [0.29, 0.717) is 18.0 Å². The summed E-state index contributed by atoms with van der Waals surface area (Å²) in [4.78, 5) is 29.7. The van der Waals surface area contributed by atoms with Crippen molar-refractivity contribution in [3.63, 3.8) is 0 Å². The number of para-hydroxylation sites is 1. The molecule has 0 aliphatic carbocycles. The Hall–Kier alpha value is -4.83. The van der Waals surface area contributed by atoms with Crippen molar-refractivity contribution in [3.8, 4) is 11.5 Å². The highest BCUT2D eigenvalue weighted by molar-refractivity contribution is 7.92. The summed E-state index contributed by atoms with van der Waals surface area (Å²) in [6, 6.07) is 29.0. The first-order chi connectivity index (χ1) is 22.2. The summed E-state index contributed by atoms with van der Waals surface area (Å²) in [5.41, 5.74) is 3.04. The fraction of sp³-hybridized carbons (Fsp3) is 0.278. The fourth-order valence-corrected chi connectivity index (χ4v) is 6.47. The maximum absolute atomic E-state index is 14.5. The van der Waals surface area contributed by atoms with Gasteiger partial charge in [-0.05, 0) is 48.7 Å². The lowest BCUT2D eigenvalue weighted by Crippen LogP contribution is -2.53. The highest BCUT2D eigenvalue weighted by Gasteiger charge is 2.35. The van der Waals surface area contributed by atoms with Gasteiger partial charge in [0, 0.05) is 25.6 Å². The van der Waals surface area contributed by atoms with Crippen LogP contribution in [0.25, 0.3) is 0 Å². The number of methoxy groups -OCH3 is 2. The Labute approximate surface area is 271 Å². The van der Waals surface area contributed by atoms with E-state index in [9.17, 15) is 18.0 Å². The van der Waals surface area contributed by atoms with Gasteiger partial charge in [0.25, 0.3) is 10.0 Å². The van der Waals surface area contributed by atoms with Crippen molar-refractivity contribution < 1.29 is 27.5 Å². The van der Waals surface area contributed by atoms with E-state index >= 15 is 0 Å². The van der Waals surface area contributed by atoms with Gasteiger partial charge in [-0.2, -0.15) is 0 Å². The molecule has 4 aromatic carbocycles. The number of benzene rings is 4. The second-order valence-corrected chi connectivity index (χ2v) is 12.7. The molecule has 46 heavy (non-hydrogen) atoms. The van der Waals surface area contributed by atoms with Crippen LogP contribution in [0, 0.1) is 6.92 Å². The largest absolute Gasteiger partial charge is 0.493 e. The summed E-state index contributed by atoms with van der Waals surface area (Å²) in [5, 5.41) is 2.96. The van der Waals surface area contributed by atoms with Crippen LogP contribution in [-0.2, 0) is 32.6 Å². The number of amides is 2. The highest BCUT2D eigenvalue weighted by Crippen LogP contribution is 2.32. The molecule has 0 heterocycles. The van der Waals surface area contributed by atoms with E-state index in [1.54, 1.807) is 30.3 Å². The van der Waals surface area contributed by atoms with Crippen molar-refractivity contribution in [2.24, 2.45) is 0 Å². The molecule has 0 aliphatic heterocycles. The minimum Gasteiger partial charge on any atom is -0.493 e. The Bertz CT molecular complexity index is 1700. The molecule has 9 nitrogen and oxygen atoms in total. The number of aryl methyl sites for hydroxylation is 1. The molecule has 0 spiro atoms. The molecule has 1 atom stereocenters. The van der Waals surface area contributed by atoms with Crippen molar-refractivity contribution in [3.05, 3.63) is 120 Å². The molecule has 0 bridgehead atoms. The lowest BCUT2D eigenvalue weighted by molar-refractivity contribution is -0.140. The van der Waals surface area contributed by atoms with E-state index < -0.39 is 28.5 Å². The molecule has 0 unspecified atom stereocenters. The third-order valence-corrected chi connectivity index (χ3v) is 9.33. The van der Waals surface area contributed by atoms with E-state index in [0.717, 1.165) is 27.4 Å². The molecule has 0 saturated carbocycles. The van der Waals surface area contributed by atoms with Gasteiger partial charge in [-0.1, -0.05) is 85.3 Å². The summed E-state index contributed by atoms with van der Waals surface area (Å²) in [6.07, 6.45) is 0.975. The highest BCUT2D eigenvalue weighted by atomic mass is 32.2. The van der Waals surface area contributed by atoms with E-state index in [-0.39, 0.29) is 29.5 Å². The minimum absolute atomic E-state index is 0.0755. The van der Waals surface area contributed by atoms with Gasteiger partial charge >= 0.3 is 0 Å². The second kappa shape index (κ2) is 15.9. The summed E-state index contributed by atoms with van der Waals surface area (Å²) in [6.45, 7) is 3.94. The van der Waals surface area contributed by atoms with Crippen LogP contribution in [0.4, 0.5) is 5.69 Å². The zero-order chi connectivity index (χ0) is 33.1. The van der Waals surface area contributed by atoms with Crippen LogP contribution in [-0.4, -0.2) is 58.5 Å². The standard InChI is InChI=1S/C36H41N3O6S/c1-5-22-37-36(41)32(23-28-12-8-6-9-13-28)38(25-29-18-16-27(2)17-19-29)35(40)26-39(30-14-10-7-11-15-30)46(42,43)31-20-21-33(44-3)34(24-31)45-4/h6-21,24,32H,5,22-23,25-26H2,1-4H3,(H,37,41)/t32-/m1/s1. The first-order valence-electron chi connectivity index (χ1n) is 15.1. The molecular formula is C36H41N3O6S. The zero-order valence-corrected chi connectivity index (χ0v) is 27.5. The van der Waals surface area contributed by atoms with Gasteiger partial charge in [0.05, 0.1) is 24.8 Å². The summed E-state index contributed by atoms with van der Waals surface area (Å²) in [5.74, 6) is -0.226. The van der Waals surface area contributed by atoms with Gasteiger partial charge < -0.3 is 19.7 Å². The lowest BCUT2D eigenvalue weighted by atomic mass is 10.0. The van der Waals surface area contributed by atoms with Crippen LogP contribution in [0.1, 0.15) is 30.0 Å². The molecule has 4 rings (SSSR count). The number of rotatable bonds is 15. The number of carbonyl (C=O) groups is 2. The summed E-state index contributed by atoms with van der Waals surface area (Å²) >= 11 is 0. The third kappa shape index (κ3) is 8.45. The van der Waals surface area contributed by atoms with Gasteiger partial charge in [0.1, 0.15) is 12.6 Å².